The van der Waals surface area contributed by atoms with E-state index in [1.807, 2.05) is 24.3 Å². The molecule has 0 aliphatic carbocycles. The van der Waals surface area contributed by atoms with Crippen LogP contribution < -0.4 is 14.9 Å². The number of anilines is 1. The maximum absolute atomic E-state index is 12.2. The number of methoxy groups -OCH3 is 1. The Bertz CT molecular complexity index is 1210. The second-order valence-corrected chi connectivity index (χ2v) is 6.19. The Kier molecular flexibility index (Phi) is 5.56. The van der Waals surface area contributed by atoms with E-state index in [4.69, 9.17) is 9.47 Å². The van der Waals surface area contributed by atoms with Gasteiger partial charge in [-0.25, -0.2) is 4.79 Å². The molecule has 0 aliphatic heterocycles. The van der Waals surface area contributed by atoms with Gasteiger partial charge in [0.05, 0.1) is 25.1 Å². The number of hydrogen-bond donors (Lipinski definition) is 1. The Balaban J connectivity index is 1.49. The molecule has 30 heavy (non-hydrogen) atoms. The average molecular weight is 399 g/mol. The zero-order chi connectivity index (χ0) is 20.8. The molecule has 2 heterocycles. The van der Waals surface area contributed by atoms with Crippen molar-refractivity contribution in [1.82, 2.24) is 15.2 Å². The normalized spacial score (nSPS) is 10.8. The topological polar surface area (TPSA) is 98.6 Å². The third-order valence-corrected chi connectivity index (χ3v) is 4.24. The van der Waals surface area contributed by atoms with Crippen LogP contribution in [0.2, 0.25) is 0 Å². The first kappa shape index (κ1) is 19.0. The fraction of sp³-hybridized carbons (Fsp3) is 0.0455. The molecule has 0 radical (unpaired) electrons. The van der Waals surface area contributed by atoms with Gasteiger partial charge in [-0.1, -0.05) is 24.3 Å². The molecule has 8 heteroatoms. The van der Waals surface area contributed by atoms with E-state index in [-0.39, 0.29) is 0 Å². The lowest BCUT2D eigenvalue weighted by Crippen LogP contribution is -2.09. The molecule has 0 aliphatic rings. The van der Waals surface area contributed by atoms with Crippen molar-refractivity contribution < 1.29 is 14.3 Å². The number of ether oxygens (including phenoxy) is 2. The highest BCUT2D eigenvalue weighted by molar-refractivity contribution is 5.92. The van der Waals surface area contributed by atoms with Crippen LogP contribution >= 0.6 is 0 Å². The number of hydrazone groups is 1. The van der Waals surface area contributed by atoms with Crippen LogP contribution in [0.15, 0.2) is 78.3 Å². The first-order valence-electron chi connectivity index (χ1n) is 9.04. The summed E-state index contributed by atoms with van der Waals surface area (Å²) >= 11 is 0. The zero-order valence-corrected chi connectivity index (χ0v) is 16.0. The zero-order valence-electron chi connectivity index (χ0n) is 16.0. The number of carbonyl (C=O) groups excluding carboxylic acids is 1. The number of aromatic nitrogens is 3. The van der Waals surface area contributed by atoms with Crippen LogP contribution in [0.5, 0.6) is 11.5 Å². The summed E-state index contributed by atoms with van der Waals surface area (Å²) in [6.07, 6.45) is 6.33. The van der Waals surface area contributed by atoms with E-state index >= 15 is 0 Å². The minimum atomic E-state index is -0.515. The van der Waals surface area contributed by atoms with Gasteiger partial charge < -0.3 is 9.47 Å². The molecule has 0 spiro atoms. The van der Waals surface area contributed by atoms with Crippen molar-refractivity contribution in [3.63, 3.8) is 0 Å². The van der Waals surface area contributed by atoms with E-state index in [1.54, 1.807) is 48.9 Å². The minimum absolute atomic E-state index is 0.302. The molecule has 0 unspecified atom stereocenters. The quantitative estimate of drug-likeness (QED) is 0.228. The third-order valence-electron chi connectivity index (χ3n) is 4.24. The van der Waals surface area contributed by atoms with Gasteiger partial charge in [0.1, 0.15) is 0 Å². The van der Waals surface area contributed by atoms with Gasteiger partial charge in [0.25, 0.3) is 0 Å². The predicted molar refractivity (Wildman–Crippen MR) is 113 cm³/mol. The molecule has 0 fully saturated rings. The second kappa shape index (κ2) is 8.78. The number of nitrogens with zero attached hydrogens (tertiary/aromatic N) is 4. The van der Waals surface area contributed by atoms with Gasteiger partial charge in [-0.3, -0.25) is 10.4 Å². The van der Waals surface area contributed by atoms with Gasteiger partial charge in [0.15, 0.2) is 17.3 Å². The van der Waals surface area contributed by atoms with Crippen molar-refractivity contribution in [3.05, 3.63) is 84.3 Å². The number of fused-ring (bicyclic) bond motifs is 1. The molecule has 0 amide bonds. The molecule has 4 aromatic rings. The Morgan fingerprint density at radius 2 is 1.97 bits per heavy atom. The summed E-state index contributed by atoms with van der Waals surface area (Å²) in [6.45, 7) is 0. The van der Waals surface area contributed by atoms with Gasteiger partial charge in [-0.05, 0) is 35.9 Å². The van der Waals surface area contributed by atoms with Crippen LogP contribution in [0.25, 0.3) is 10.8 Å². The van der Waals surface area contributed by atoms with Crippen LogP contribution in [0.1, 0.15) is 15.9 Å². The number of pyridine rings is 1. The molecule has 4 rings (SSSR count). The van der Waals surface area contributed by atoms with Gasteiger partial charge in [-0.2, -0.15) is 10.2 Å². The second-order valence-electron chi connectivity index (χ2n) is 6.19. The first-order valence-corrected chi connectivity index (χ1v) is 9.04. The summed E-state index contributed by atoms with van der Waals surface area (Å²) in [5.41, 5.74) is 4.00. The SMILES string of the molecule is COc1cc(/C=N\Nc2nncc3ccccc23)ccc1OC(=O)c1cccnc1. The smallest absolute Gasteiger partial charge is 0.345 e. The maximum atomic E-state index is 12.2. The van der Waals surface area contributed by atoms with E-state index in [1.165, 1.54) is 13.3 Å². The molecule has 0 saturated carbocycles. The third kappa shape index (κ3) is 4.22. The summed E-state index contributed by atoms with van der Waals surface area (Å²) in [4.78, 5) is 16.2. The highest BCUT2D eigenvalue weighted by Crippen LogP contribution is 2.28. The first-order chi connectivity index (χ1) is 14.7. The van der Waals surface area contributed by atoms with Gasteiger partial charge in [-0.15, -0.1) is 5.10 Å². The Hall–Kier alpha value is -4.33. The lowest BCUT2D eigenvalue weighted by Gasteiger charge is -2.09. The van der Waals surface area contributed by atoms with Crippen molar-refractivity contribution in [1.29, 1.82) is 0 Å². The van der Waals surface area contributed by atoms with E-state index in [9.17, 15) is 4.79 Å². The molecule has 2 aromatic carbocycles. The maximum Gasteiger partial charge on any atom is 0.345 e. The van der Waals surface area contributed by atoms with Crippen molar-refractivity contribution in [2.75, 3.05) is 12.5 Å². The van der Waals surface area contributed by atoms with E-state index in [0.717, 1.165) is 16.3 Å². The van der Waals surface area contributed by atoms with E-state index in [0.29, 0.717) is 22.9 Å². The van der Waals surface area contributed by atoms with Crippen LogP contribution in [0, 0.1) is 0 Å². The van der Waals surface area contributed by atoms with Gasteiger partial charge in [0, 0.05) is 23.2 Å². The Morgan fingerprint density at radius 3 is 2.80 bits per heavy atom. The summed E-state index contributed by atoms with van der Waals surface area (Å²) in [7, 11) is 1.50. The monoisotopic (exact) mass is 399 g/mol. The van der Waals surface area contributed by atoms with Crippen molar-refractivity contribution >= 4 is 28.8 Å². The van der Waals surface area contributed by atoms with Crippen LogP contribution in [0.4, 0.5) is 5.82 Å². The molecular formula is C22H17N5O3. The van der Waals surface area contributed by atoms with Crippen molar-refractivity contribution in [3.8, 4) is 11.5 Å². The van der Waals surface area contributed by atoms with Gasteiger partial charge >= 0.3 is 5.97 Å². The summed E-state index contributed by atoms with van der Waals surface area (Å²) in [5, 5.41) is 14.2. The van der Waals surface area contributed by atoms with Gasteiger partial charge in [0.2, 0.25) is 0 Å². The number of esters is 1. The van der Waals surface area contributed by atoms with Crippen molar-refractivity contribution in [2.45, 2.75) is 0 Å². The lowest BCUT2D eigenvalue weighted by atomic mass is 10.2. The molecular weight excluding hydrogens is 382 g/mol. The molecule has 1 N–H and O–H groups in total. The fourth-order valence-electron chi connectivity index (χ4n) is 2.77. The van der Waals surface area contributed by atoms with Crippen LogP contribution in [-0.2, 0) is 0 Å². The van der Waals surface area contributed by atoms with E-state index in [2.05, 4.69) is 25.7 Å². The Morgan fingerprint density at radius 1 is 1.07 bits per heavy atom. The predicted octanol–water partition coefficient (Wildman–Crippen LogP) is 3.70. The molecule has 0 saturated heterocycles. The lowest BCUT2D eigenvalue weighted by molar-refractivity contribution is 0.0729. The molecule has 2 aromatic heterocycles. The Labute approximate surface area is 172 Å². The molecule has 148 valence electrons. The standard InChI is InChI=1S/C22H17N5O3/c1-29-20-11-15(8-9-19(20)30-22(28)17-6-4-10-23-13-17)12-24-26-21-18-7-3-2-5-16(18)14-25-27-21/h2-14H,1H3,(H,26,27)/b24-12-. The van der Waals surface area contributed by atoms with E-state index < -0.39 is 5.97 Å². The highest BCUT2D eigenvalue weighted by atomic mass is 16.6. The summed E-state index contributed by atoms with van der Waals surface area (Å²) in [5.74, 6) is 0.745. The number of hydrogen-bond acceptors (Lipinski definition) is 8. The molecule has 8 nitrogen and oxygen atoms in total. The minimum Gasteiger partial charge on any atom is -0.493 e. The molecule has 0 bridgehead atoms. The number of benzene rings is 2. The number of nitrogens with one attached hydrogen (secondary N) is 1. The highest BCUT2D eigenvalue weighted by Gasteiger charge is 2.12. The van der Waals surface area contributed by atoms with Crippen LogP contribution in [0.3, 0.4) is 0 Å². The largest absolute Gasteiger partial charge is 0.493 e. The average Bonchev–Trinajstić information content (AvgIpc) is 2.80. The fourth-order valence-corrected chi connectivity index (χ4v) is 2.77. The number of rotatable bonds is 6. The van der Waals surface area contributed by atoms with Crippen molar-refractivity contribution in [2.24, 2.45) is 5.10 Å². The number of carbonyl (C=O) groups is 1. The van der Waals surface area contributed by atoms with Crippen LogP contribution in [-0.4, -0.2) is 34.5 Å². The molecule has 0 atom stereocenters. The summed E-state index contributed by atoms with van der Waals surface area (Å²) in [6, 6.07) is 16.2. The summed E-state index contributed by atoms with van der Waals surface area (Å²) < 4.78 is 10.8.